The summed E-state index contributed by atoms with van der Waals surface area (Å²) < 4.78 is 1.79. The Bertz CT molecular complexity index is 1170. The van der Waals surface area contributed by atoms with Crippen LogP contribution < -0.4 is 16.0 Å². The lowest BCUT2D eigenvalue weighted by molar-refractivity contribution is 0.102. The smallest absolute Gasteiger partial charge is 0.318 e. The molecular formula is C23H21N5O2S. The van der Waals surface area contributed by atoms with Gasteiger partial charge in [-0.1, -0.05) is 36.4 Å². The molecule has 2 heterocycles. The van der Waals surface area contributed by atoms with Gasteiger partial charge in [-0.3, -0.25) is 9.48 Å². The van der Waals surface area contributed by atoms with Crippen LogP contribution in [-0.4, -0.2) is 28.8 Å². The molecule has 0 saturated carbocycles. The molecule has 3 amide bonds. The highest BCUT2D eigenvalue weighted by atomic mass is 32.1. The molecule has 7 nitrogen and oxygen atoms in total. The Kier molecular flexibility index (Phi) is 6.09. The van der Waals surface area contributed by atoms with Gasteiger partial charge in [0, 0.05) is 24.6 Å². The zero-order valence-corrected chi connectivity index (χ0v) is 17.6. The number of hydrogen-bond donors (Lipinski definition) is 3. The van der Waals surface area contributed by atoms with Crippen molar-refractivity contribution in [2.24, 2.45) is 0 Å². The summed E-state index contributed by atoms with van der Waals surface area (Å²) in [6.45, 7) is 0.576. The molecule has 0 bridgehead atoms. The summed E-state index contributed by atoms with van der Waals surface area (Å²) in [7, 11) is 1.55. The summed E-state index contributed by atoms with van der Waals surface area (Å²) >= 11 is 1.54. The van der Waals surface area contributed by atoms with E-state index in [2.05, 4.69) is 21.0 Å². The van der Waals surface area contributed by atoms with Gasteiger partial charge in [0.1, 0.15) is 5.69 Å². The van der Waals surface area contributed by atoms with Crippen molar-refractivity contribution < 1.29 is 9.59 Å². The van der Waals surface area contributed by atoms with E-state index in [1.54, 1.807) is 53.5 Å². The molecular weight excluding hydrogens is 410 g/mol. The average molecular weight is 432 g/mol. The predicted molar refractivity (Wildman–Crippen MR) is 124 cm³/mol. The van der Waals surface area contributed by atoms with Crippen LogP contribution in [0.4, 0.5) is 16.2 Å². The van der Waals surface area contributed by atoms with Gasteiger partial charge in [-0.15, -0.1) is 11.3 Å². The van der Waals surface area contributed by atoms with E-state index in [0.717, 1.165) is 10.4 Å². The lowest BCUT2D eigenvalue weighted by Gasteiger charge is -2.07. The van der Waals surface area contributed by atoms with E-state index in [0.29, 0.717) is 29.2 Å². The number of benzene rings is 2. The molecule has 0 radical (unpaired) electrons. The van der Waals surface area contributed by atoms with Gasteiger partial charge in [-0.25, -0.2) is 4.79 Å². The minimum atomic E-state index is -0.303. The van der Waals surface area contributed by atoms with Crippen LogP contribution in [0.1, 0.15) is 15.9 Å². The molecule has 2 aromatic heterocycles. The maximum Gasteiger partial charge on any atom is 0.318 e. The summed E-state index contributed by atoms with van der Waals surface area (Å²) in [6, 6.07) is 20.5. The zero-order chi connectivity index (χ0) is 21.6. The number of rotatable bonds is 6. The van der Waals surface area contributed by atoms with Crippen molar-refractivity contribution in [2.75, 3.05) is 17.7 Å². The minimum absolute atomic E-state index is 0.241. The van der Waals surface area contributed by atoms with Gasteiger partial charge in [-0.2, -0.15) is 5.10 Å². The molecule has 0 saturated heterocycles. The molecule has 0 unspecified atom stereocenters. The van der Waals surface area contributed by atoms with Gasteiger partial charge in [0.15, 0.2) is 0 Å². The van der Waals surface area contributed by atoms with Crippen molar-refractivity contribution >= 4 is 34.6 Å². The number of amides is 3. The summed E-state index contributed by atoms with van der Waals surface area (Å²) in [5, 5.41) is 14.7. The summed E-state index contributed by atoms with van der Waals surface area (Å²) in [6.07, 6.45) is 1.78. The SMILES string of the molecule is CNC(=O)Nc1ccc(NC(=O)c2cn(Cc3ccccc3)nc2-c2cccs2)cc1. The first-order chi connectivity index (χ1) is 15.1. The van der Waals surface area contributed by atoms with Crippen molar-refractivity contribution in [3.05, 3.63) is 89.4 Å². The van der Waals surface area contributed by atoms with Crippen molar-refractivity contribution in [1.82, 2.24) is 15.1 Å². The van der Waals surface area contributed by atoms with E-state index in [4.69, 9.17) is 0 Å². The molecule has 0 aliphatic heterocycles. The Morgan fingerprint density at radius 2 is 1.65 bits per heavy atom. The third-order valence-corrected chi connectivity index (χ3v) is 5.45. The van der Waals surface area contributed by atoms with Crippen molar-refractivity contribution in [3.8, 4) is 10.6 Å². The number of thiophene rings is 1. The van der Waals surface area contributed by atoms with Crippen LogP contribution in [0, 0.1) is 0 Å². The Hall–Kier alpha value is -3.91. The number of carbonyl (C=O) groups is 2. The molecule has 0 fully saturated rings. The molecule has 4 rings (SSSR count). The van der Waals surface area contributed by atoms with Crippen LogP contribution in [0.3, 0.4) is 0 Å². The third-order valence-electron chi connectivity index (χ3n) is 4.58. The lowest BCUT2D eigenvalue weighted by atomic mass is 10.2. The van der Waals surface area contributed by atoms with Crippen molar-refractivity contribution in [2.45, 2.75) is 6.54 Å². The zero-order valence-electron chi connectivity index (χ0n) is 16.8. The van der Waals surface area contributed by atoms with E-state index >= 15 is 0 Å². The van der Waals surface area contributed by atoms with E-state index < -0.39 is 0 Å². The second kappa shape index (κ2) is 9.27. The second-order valence-corrected chi connectivity index (χ2v) is 7.74. The molecule has 8 heteroatoms. The quantitative estimate of drug-likeness (QED) is 0.415. The standard InChI is InChI=1S/C23H21N5O2S/c1-24-23(30)26-18-11-9-17(10-12-18)25-22(29)19-15-28(14-16-6-3-2-4-7-16)27-21(19)20-8-5-13-31-20/h2-13,15H,14H2,1H3,(H,25,29)(H2,24,26,30). The monoisotopic (exact) mass is 431 g/mol. The number of urea groups is 1. The largest absolute Gasteiger partial charge is 0.341 e. The van der Waals surface area contributed by atoms with Crippen LogP contribution in [0.25, 0.3) is 10.6 Å². The van der Waals surface area contributed by atoms with E-state index in [9.17, 15) is 9.59 Å². The molecule has 0 spiro atoms. The number of anilines is 2. The van der Waals surface area contributed by atoms with E-state index in [1.165, 1.54) is 0 Å². The molecule has 0 atom stereocenters. The van der Waals surface area contributed by atoms with Crippen LogP contribution >= 0.6 is 11.3 Å². The Labute approximate surface area is 183 Å². The van der Waals surface area contributed by atoms with E-state index in [-0.39, 0.29) is 11.9 Å². The average Bonchev–Trinajstić information content (AvgIpc) is 3.46. The first-order valence-electron chi connectivity index (χ1n) is 9.68. The summed E-state index contributed by atoms with van der Waals surface area (Å²) in [5.74, 6) is -0.241. The second-order valence-electron chi connectivity index (χ2n) is 6.79. The highest BCUT2D eigenvalue weighted by Crippen LogP contribution is 2.28. The number of nitrogens with one attached hydrogen (secondary N) is 3. The fraction of sp³-hybridized carbons (Fsp3) is 0.0870. The van der Waals surface area contributed by atoms with Gasteiger partial charge in [0.05, 0.1) is 17.0 Å². The molecule has 156 valence electrons. The number of aromatic nitrogens is 2. The normalized spacial score (nSPS) is 10.5. The van der Waals surface area contributed by atoms with Crippen molar-refractivity contribution in [1.29, 1.82) is 0 Å². The van der Waals surface area contributed by atoms with Gasteiger partial charge >= 0.3 is 6.03 Å². The Balaban J connectivity index is 1.56. The van der Waals surface area contributed by atoms with Crippen molar-refractivity contribution in [3.63, 3.8) is 0 Å². The molecule has 4 aromatic rings. The van der Waals surface area contributed by atoms with Gasteiger partial charge in [0.25, 0.3) is 5.91 Å². The fourth-order valence-corrected chi connectivity index (χ4v) is 3.79. The highest BCUT2D eigenvalue weighted by molar-refractivity contribution is 7.13. The molecule has 0 aliphatic carbocycles. The van der Waals surface area contributed by atoms with Crippen LogP contribution in [0.5, 0.6) is 0 Å². The van der Waals surface area contributed by atoms with Gasteiger partial charge in [-0.05, 0) is 41.3 Å². The number of carbonyl (C=O) groups excluding carboxylic acids is 2. The lowest BCUT2D eigenvalue weighted by Crippen LogP contribution is -2.24. The summed E-state index contributed by atoms with van der Waals surface area (Å²) in [5.41, 5.74) is 3.52. The Morgan fingerprint density at radius 3 is 2.29 bits per heavy atom. The number of nitrogens with zero attached hydrogens (tertiary/aromatic N) is 2. The number of hydrogen-bond acceptors (Lipinski definition) is 4. The predicted octanol–water partition coefficient (Wildman–Crippen LogP) is 4.66. The summed E-state index contributed by atoms with van der Waals surface area (Å²) in [4.78, 5) is 25.4. The third kappa shape index (κ3) is 4.99. The maximum absolute atomic E-state index is 13.1. The Morgan fingerprint density at radius 1 is 0.935 bits per heavy atom. The first kappa shape index (κ1) is 20.4. The van der Waals surface area contributed by atoms with Gasteiger partial charge in [0.2, 0.25) is 0 Å². The van der Waals surface area contributed by atoms with Crippen LogP contribution in [-0.2, 0) is 6.54 Å². The van der Waals surface area contributed by atoms with Crippen LogP contribution in [0.2, 0.25) is 0 Å². The van der Waals surface area contributed by atoms with Gasteiger partial charge < -0.3 is 16.0 Å². The topological polar surface area (TPSA) is 88.0 Å². The molecule has 0 aliphatic rings. The van der Waals surface area contributed by atoms with Crippen LogP contribution in [0.15, 0.2) is 78.3 Å². The fourth-order valence-electron chi connectivity index (χ4n) is 3.06. The molecule has 3 N–H and O–H groups in total. The minimum Gasteiger partial charge on any atom is -0.341 e. The molecule has 2 aromatic carbocycles. The highest BCUT2D eigenvalue weighted by Gasteiger charge is 2.19. The molecule has 31 heavy (non-hydrogen) atoms. The first-order valence-corrected chi connectivity index (χ1v) is 10.6. The maximum atomic E-state index is 13.1. The van der Waals surface area contributed by atoms with E-state index in [1.807, 2.05) is 47.8 Å².